The fourth-order valence-corrected chi connectivity index (χ4v) is 3.29. The normalized spacial score (nSPS) is 16.1. The highest BCUT2D eigenvalue weighted by Crippen LogP contribution is 2.29. The van der Waals surface area contributed by atoms with E-state index in [-0.39, 0.29) is 31.3 Å². The molecule has 0 aromatic heterocycles. The number of ether oxygens (including phenoxy) is 2. The zero-order valence-corrected chi connectivity index (χ0v) is 16.0. The van der Waals surface area contributed by atoms with Gasteiger partial charge in [0.2, 0.25) is 5.91 Å². The van der Waals surface area contributed by atoms with E-state index < -0.39 is 11.9 Å². The Kier molecular flexibility index (Phi) is 6.09. The van der Waals surface area contributed by atoms with Crippen molar-refractivity contribution in [2.75, 3.05) is 25.2 Å². The second-order valence-electron chi connectivity index (χ2n) is 6.65. The Morgan fingerprint density at radius 1 is 1.11 bits per heavy atom. The summed E-state index contributed by atoms with van der Waals surface area (Å²) >= 11 is 0. The van der Waals surface area contributed by atoms with Gasteiger partial charge in [0.05, 0.1) is 13.0 Å². The molecular formula is C22H23NO5. The molecule has 0 aliphatic carbocycles. The lowest BCUT2D eigenvalue weighted by molar-refractivity contribution is -0.147. The Balaban J connectivity index is 1.59. The average Bonchev–Trinajstić information content (AvgIpc) is 3.13. The average molecular weight is 381 g/mol. The van der Waals surface area contributed by atoms with Crippen molar-refractivity contribution in [2.24, 2.45) is 5.92 Å². The van der Waals surface area contributed by atoms with Crippen LogP contribution in [0.15, 0.2) is 48.5 Å². The lowest BCUT2D eigenvalue weighted by Crippen LogP contribution is -2.28. The zero-order valence-electron chi connectivity index (χ0n) is 16.0. The molecule has 1 atom stereocenters. The number of aryl methyl sites for hydroxylation is 1. The molecular weight excluding hydrogens is 358 g/mol. The van der Waals surface area contributed by atoms with Gasteiger partial charge in [-0.1, -0.05) is 25.1 Å². The van der Waals surface area contributed by atoms with Gasteiger partial charge < -0.3 is 14.4 Å². The Bertz CT molecular complexity index is 875. The van der Waals surface area contributed by atoms with Crippen molar-refractivity contribution >= 4 is 23.3 Å². The van der Waals surface area contributed by atoms with Gasteiger partial charge in [0.1, 0.15) is 5.75 Å². The fraction of sp³-hybridized carbons (Fsp3) is 0.318. The maximum atomic E-state index is 12.4. The maximum Gasteiger partial charge on any atom is 0.311 e. The number of carbonyl (C=O) groups excluding carboxylic acids is 3. The number of esters is 1. The number of methoxy groups -OCH3 is 1. The molecule has 146 valence electrons. The summed E-state index contributed by atoms with van der Waals surface area (Å²) in [5, 5.41) is 0. The third-order valence-corrected chi connectivity index (χ3v) is 4.88. The van der Waals surface area contributed by atoms with Crippen molar-refractivity contribution in [3.63, 3.8) is 0 Å². The number of Topliss-reactive ketones (excluding diaryl/α,β-unsaturated/α-hetero) is 1. The van der Waals surface area contributed by atoms with Crippen molar-refractivity contribution in [3.8, 4) is 5.75 Å². The van der Waals surface area contributed by atoms with E-state index in [4.69, 9.17) is 9.47 Å². The highest BCUT2D eigenvalue weighted by Gasteiger charge is 2.37. The number of hydrogen-bond donors (Lipinski definition) is 0. The van der Waals surface area contributed by atoms with Gasteiger partial charge in [0.15, 0.2) is 12.4 Å². The van der Waals surface area contributed by atoms with E-state index in [1.54, 1.807) is 36.3 Å². The quantitative estimate of drug-likeness (QED) is 0.544. The van der Waals surface area contributed by atoms with E-state index in [0.717, 1.165) is 17.7 Å². The maximum absolute atomic E-state index is 12.4. The molecule has 2 aromatic rings. The van der Waals surface area contributed by atoms with Crippen molar-refractivity contribution in [1.82, 2.24) is 0 Å². The van der Waals surface area contributed by atoms with Crippen LogP contribution in [0.2, 0.25) is 0 Å². The van der Waals surface area contributed by atoms with Crippen molar-refractivity contribution in [2.45, 2.75) is 19.8 Å². The third-order valence-electron chi connectivity index (χ3n) is 4.88. The number of ketones is 1. The summed E-state index contributed by atoms with van der Waals surface area (Å²) in [6.07, 6.45) is 0.888. The fourth-order valence-electron chi connectivity index (χ4n) is 3.29. The molecule has 1 amide bonds. The molecule has 0 radical (unpaired) electrons. The van der Waals surface area contributed by atoms with Crippen LogP contribution in [0.5, 0.6) is 5.75 Å². The smallest absolute Gasteiger partial charge is 0.311 e. The molecule has 0 bridgehead atoms. The molecule has 1 saturated heterocycles. The van der Waals surface area contributed by atoms with Gasteiger partial charge in [0, 0.05) is 24.2 Å². The first kappa shape index (κ1) is 19.6. The number of carbonyl (C=O) groups is 3. The highest BCUT2D eigenvalue weighted by atomic mass is 16.5. The predicted octanol–water partition coefficient (Wildman–Crippen LogP) is 3.04. The first-order valence-corrected chi connectivity index (χ1v) is 9.25. The molecule has 0 spiro atoms. The summed E-state index contributed by atoms with van der Waals surface area (Å²) in [4.78, 5) is 38.6. The summed E-state index contributed by atoms with van der Waals surface area (Å²) < 4.78 is 10.2. The van der Waals surface area contributed by atoms with E-state index in [2.05, 4.69) is 0 Å². The topological polar surface area (TPSA) is 72.9 Å². The van der Waals surface area contributed by atoms with Crippen LogP contribution in [0.25, 0.3) is 0 Å². The van der Waals surface area contributed by atoms with Crippen LogP contribution in [-0.2, 0) is 20.7 Å². The third kappa shape index (κ3) is 4.22. The number of benzene rings is 2. The summed E-state index contributed by atoms with van der Waals surface area (Å²) in [6.45, 7) is 1.95. The largest absolute Gasteiger partial charge is 0.497 e. The summed E-state index contributed by atoms with van der Waals surface area (Å²) in [5.74, 6) is -0.851. The van der Waals surface area contributed by atoms with Crippen LogP contribution in [0, 0.1) is 5.92 Å². The molecule has 3 rings (SSSR count). The SMILES string of the molecule is CCc1ccccc1N1C[C@H](C(=O)OCC(=O)c2ccc(OC)cc2)CC1=O. The molecule has 1 fully saturated rings. The lowest BCUT2D eigenvalue weighted by Gasteiger charge is -2.19. The van der Waals surface area contributed by atoms with Gasteiger partial charge in [-0.2, -0.15) is 0 Å². The second-order valence-corrected chi connectivity index (χ2v) is 6.65. The van der Waals surface area contributed by atoms with Gasteiger partial charge in [-0.15, -0.1) is 0 Å². The first-order valence-electron chi connectivity index (χ1n) is 9.25. The summed E-state index contributed by atoms with van der Waals surface area (Å²) in [6, 6.07) is 14.3. The Hall–Kier alpha value is -3.15. The molecule has 28 heavy (non-hydrogen) atoms. The molecule has 0 saturated carbocycles. The molecule has 6 heteroatoms. The molecule has 6 nitrogen and oxygen atoms in total. The molecule has 1 aliphatic heterocycles. The Morgan fingerprint density at radius 3 is 2.50 bits per heavy atom. The molecule has 1 aliphatic rings. The van der Waals surface area contributed by atoms with Crippen LogP contribution in [0.4, 0.5) is 5.69 Å². The van der Waals surface area contributed by atoms with Crippen LogP contribution < -0.4 is 9.64 Å². The van der Waals surface area contributed by atoms with Gasteiger partial charge >= 0.3 is 5.97 Å². The lowest BCUT2D eigenvalue weighted by atomic mass is 10.1. The molecule has 2 aromatic carbocycles. The molecule has 1 heterocycles. The number of hydrogen-bond acceptors (Lipinski definition) is 5. The standard InChI is InChI=1S/C22H23NO5/c1-3-15-6-4-5-7-19(15)23-13-17(12-21(23)25)22(26)28-14-20(24)16-8-10-18(27-2)11-9-16/h4-11,17H,3,12-14H2,1-2H3/t17-/m1/s1. The Morgan fingerprint density at radius 2 is 1.82 bits per heavy atom. The number of rotatable bonds is 7. The van der Waals surface area contributed by atoms with Crippen LogP contribution >= 0.6 is 0 Å². The number of nitrogens with zero attached hydrogens (tertiary/aromatic N) is 1. The van der Waals surface area contributed by atoms with Crippen molar-refractivity contribution < 1.29 is 23.9 Å². The van der Waals surface area contributed by atoms with E-state index in [9.17, 15) is 14.4 Å². The number of anilines is 1. The van der Waals surface area contributed by atoms with E-state index in [0.29, 0.717) is 11.3 Å². The second kappa shape index (κ2) is 8.69. The van der Waals surface area contributed by atoms with Gasteiger partial charge in [0.25, 0.3) is 0 Å². The van der Waals surface area contributed by atoms with E-state index >= 15 is 0 Å². The summed E-state index contributed by atoms with van der Waals surface area (Å²) in [5.41, 5.74) is 2.33. The minimum absolute atomic E-state index is 0.0909. The van der Waals surface area contributed by atoms with Crippen LogP contribution in [-0.4, -0.2) is 37.9 Å². The minimum atomic E-state index is -0.568. The van der Waals surface area contributed by atoms with Crippen molar-refractivity contribution in [3.05, 3.63) is 59.7 Å². The predicted molar refractivity (Wildman–Crippen MR) is 105 cm³/mol. The highest BCUT2D eigenvalue weighted by molar-refractivity contribution is 6.01. The van der Waals surface area contributed by atoms with E-state index in [1.165, 1.54) is 0 Å². The Labute approximate surface area is 164 Å². The van der Waals surface area contributed by atoms with Crippen LogP contribution in [0.1, 0.15) is 29.3 Å². The summed E-state index contributed by atoms with van der Waals surface area (Å²) in [7, 11) is 1.55. The van der Waals surface area contributed by atoms with Gasteiger partial charge in [-0.05, 0) is 42.3 Å². The van der Waals surface area contributed by atoms with Gasteiger partial charge in [-0.3, -0.25) is 14.4 Å². The van der Waals surface area contributed by atoms with Gasteiger partial charge in [-0.25, -0.2) is 0 Å². The van der Waals surface area contributed by atoms with Crippen molar-refractivity contribution in [1.29, 1.82) is 0 Å². The first-order chi connectivity index (χ1) is 13.5. The molecule has 0 N–H and O–H groups in total. The number of amides is 1. The number of para-hydroxylation sites is 1. The van der Waals surface area contributed by atoms with Crippen LogP contribution in [0.3, 0.4) is 0 Å². The minimum Gasteiger partial charge on any atom is -0.497 e. The monoisotopic (exact) mass is 381 g/mol. The zero-order chi connectivity index (χ0) is 20.1. The molecule has 0 unspecified atom stereocenters. The van der Waals surface area contributed by atoms with E-state index in [1.807, 2.05) is 31.2 Å².